The van der Waals surface area contributed by atoms with Crippen molar-refractivity contribution in [3.63, 3.8) is 0 Å². The van der Waals surface area contributed by atoms with Gasteiger partial charge >= 0.3 is 0 Å². The number of rotatable bonds is 5. The predicted octanol–water partition coefficient (Wildman–Crippen LogP) is 15.0. The molecule has 260 valence electrons. The molecule has 2 nitrogen and oxygen atoms in total. The highest BCUT2D eigenvalue weighted by Crippen LogP contribution is 2.53. The van der Waals surface area contributed by atoms with E-state index in [0.717, 1.165) is 54.8 Å². The molecule has 0 radical (unpaired) electrons. The number of hydrogen-bond donors (Lipinski definition) is 0. The van der Waals surface area contributed by atoms with Crippen molar-refractivity contribution in [2.24, 2.45) is 0 Å². The molecule has 0 spiro atoms. The minimum atomic E-state index is -0.446. The fraction of sp³-hybridized carbons (Fsp3) is 0.0566. The second-order valence-electron chi connectivity index (χ2n) is 14.9. The molecule has 0 unspecified atom stereocenters. The quantitative estimate of drug-likeness (QED) is 0.166. The van der Waals surface area contributed by atoms with Crippen molar-refractivity contribution in [3.05, 3.63) is 199 Å². The fourth-order valence-electron chi connectivity index (χ4n) is 8.95. The highest BCUT2D eigenvalue weighted by atomic mass is 16.3. The van der Waals surface area contributed by atoms with Crippen LogP contribution in [0.2, 0.25) is 0 Å². The van der Waals surface area contributed by atoms with Crippen LogP contribution in [0.1, 0.15) is 31.8 Å². The standard InChI is InChI=1S/C53H37NO/c1-53(2)46-24-14-13-21-41(46)42-30-29-38(33-47(42)53)54(37-27-25-35(26-28-37)34-15-5-3-6-16-34)48-32-31-45-50-43-22-11-9-19-39(43)40-20-10-12-23-44(40)51(50)55-52(45)49(48)36-17-7-4-8-18-36/h3-33H,1-2H3/i4D,7D,8D,17D,18D. The van der Waals surface area contributed by atoms with Crippen LogP contribution in [-0.4, -0.2) is 0 Å². The van der Waals surface area contributed by atoms with E-state index in [0.29, 0.717) is 22.4 Å². The van der Waals surface area contributed by atoms with Gasteiger partial charge in [-0.05, 0) is 91.5 Å². The van der Waals surface area contributed by atoms with E-state index in [-0.39, 0.29) is 23.1 Å². The highest BCUT2D eigenvalue weighted by Gasteiger charge is 2.36. The minimum Gasteiger partial charge on any atom is -0.455 e. The topological polar surface area (TPSA) is 16.4 Å². The highest BCUT2D eigenvalue weighted by molar-refractivity contribution is 6.31. The van der Waals surface area contributed by atoms with Crippen LogP contribution in [-0.2, 0) is 5.41 Å². The van der Waals surface area contributed by atoms with Gasteiger partial charge in [-0.25, -0.2) is 0 Å². The molecule has 1 aliphatic rings. The lowest BCUT2D eigenvalue weighted by atomic mass is 9.82. The van der Waals surface area contributed by atoms with Gasteiger partial charge in [-0.3, -0.25) is 0 Å². The van der Waals surface area contributed by atoms with Crippen molar-refractivity contribution in [1.29, 1.82) is 0 Å². The van der Waals surface area contributed by atoms with Gasteiger partial charge in [0.05, 0.1) is 12.5 Å². The second-order valence-corrected chi connectivity index (χ2v) is 14.9. The Morgan fingerprint density at radius 1 is 0.473 bits per heavy atom. The number of hydrogen-bond acceptors (Lipinski definition) is 2. The number of fused-ring (bicyclic) bond motifs is 11. The van der Waals surface area contributed by atoms with Gasteiger partial charge in [-0.2, -0.15) is 0 Å². The summed E-state index contributed by atoms with van der Waals surface area (Å²) in [4.78, 5) is 2.15. The first-order valence-corrected chi connectivity index (χ1v) is 18.7. The van der Waals surface area contributed by atoms with Crippen LogP contribution < -0.4 is 4.90 Å². The van der Waals surface area contributed by atoms with Crippen LogP contribution in [0.25, 0.3) is 76.9 Å². The summed E-state index contributed by atoms with van der Waals surface area (Å²) in [6, 6.07) is 52.4. The molecule has 0 amide bonds. The van der Waals surface area contributed by atoms with Crippen molar-refractivity contribution in [2.45, 2.75) is 19.3 Å². The van der Waals surface area contributed by atoms with E-state index < -0.39 is 18.1 Å². The molecule has 1 aromatic heterocycles. The van der Waals surface area contributed by atoms with Crippen molar-refractivity contribution in [3.8, 4) is 33.4 Å². The van der Waals surface area contributed by atoms with Gasteiger partial charge in [-0.1, -0.05) is 165 Å². The number of nitrogens with zero attached hydrogens (tertiary/aromatic N) is 1. The van der Waals surface area contributed by atoms with E-state index >= 15 is 0 Å². The summed E-state index contributed by atoms with van der Waals surface area (Å²) in [5.74, 6) is 0. The molecule has 0 fully saturated rings. The zero-order valence-electron chi connectivity index (χ0n) is 35.4. The van der Waals surface area contributed by atoms with E-state index in [4.69, 9.17) is 8.53 Å². The van der Waals surface area contributed by atoms with E-state index in [1.165, 1.54) is 22.3 Å². The summed E-state index contributed by atoms with van der Waals surface area (Å²) >= 11 is 0. The SMILES string of the molecule is [2H]c1c([2H])c([2H])c(-c2c(N(c3ccc(-c4ccccc4)cc3)c3ccc4c(c3)C(C)(C)c3ccccc3-4)ccc3c2oc2c4ccccc4c4ccccc4c32)c([2H])c1[2H]. The summed E-state index contributed by atoms with van der Waals surface area (Å²) in [7, 11) is 0. The van der Waals surface area contributed by atoms with Crippen LogP contribution in [0.3, 0.4) is 0 Å². The molecule has 10 aromatic rings. The van der Waals surface area contributed by atoms with Crippen molar-refractivity contribution in [2.75, 3.05) is 4.90 Å². The number of benzene rings is 9. The molecule has 11 rings (SSSR count). The molecular formula is C53H37NO. The van der Waals surface area contributed by atoms with Crippen molar-refractivity contribution in [1.82, 2.24) is 0 Å². The normalized spacial score (nSPS) is 14.3. The number of furan rings is 1. The fourth-order valence-corrected chi connectivity index (χ4v) is 8.95. The molecule has 1 aliphatic carbocycles. The Kier molecular flexibility index (Phi) is 5.88. The van der Waals surface area contributed by atoms with Crippen molar-refractivity contribution >= 4 is 60.5 Å². The summed E-state index contributed by atoms with van der Waals surface area (Å²) in [5, 5.41) is 5.78. The Balaban J connectivity index is 1.27. The third kappa shape index (κ3) is 4.74. The molecule has 0 aliphatic heterocycles. The first kappa shape index (κ1) is 26.8. The van der Waals surface area contributed by atoms with Crippen molar-refractivity contribution < 1.29 is 11.3 Å². The van der Waals surface area contributed by atoms with Crippen LogP contribution in [0.5, 0.6) is 0 Å². The average Bonchev–Trinajstić information content (AvgIpc) is 3.79. The van der Waals surface area contributed by atoms with Gasteiger partial charge in [-0.15, -0.1) is 0 Å². The lowest BCUT2D eigenvalue weighted by Gasteiger charge is -2.30. The first-order chi connectivity index (χ1) is 29.1. The average molecular weight is 709 g/mol. The van der Waals surface area contributed by atoms with Gasteiger partial charge in [0.2, 0.25) is 0 Å². The molecule has 2 heteroatoms. The van der Waals surface area contributed by atoms with E-state index in [1.807, 2.05) is 48.5 Å². The van der Waals surface area contributed by atoms with Gasteiger partial charge in [0.15, 0.2) is 0 Å². The van der Waals surface area contributed by atoms with Crippen LogP contribution >= 0.6 is 0 Å². The largest absolute Gasteiger partial charge is 0.455 e. The summed E-state index contributed by atoms with van der Waals surface area (Å²) in [6.07, 6.45) is 0. The smallest absolute Gasteiger partial charge is 0.145 e. The lowest BCUT2D eigenvalue weighted by molar-refractivity contribution is 0.660. The molecule has 0 bridgehead atoms. The summed E-state index contributed by atoms with van der Waals surface area (Å²) in [5.41, 5.74) is 10.6. The van der Waals surface area contributed by atoms with Gasteiger partial charge in [0.25, 0.3) is 0 Å². The Bertz CT molecular complexity index is 3380. The van der Waals surface area contributed by atoms with E-state index in [2.05, 4.69) is 128 Å². The maximum Gasteiger partial charge on any atom is 0.145 e. The summed E-state index contributed by atoms with van der Waals surface area (Å²) < 4.78 is 52.2. The van der Waals surface area contributed by atoms with Gasteiger partial charge < -0.3 is 9.32 Å². The Hall–Kier alpha value is -6.90. The maximum atomic E-state index is 9.41. The first-order valence-electron chi connectivity index (χ1n) is 21.2. The molecule has 0 saturated carbocycles. The second kappa shape index (κ2) is 12.1. The van der Waals surface area contributed by atoms with Gasteiger partial charge in [0.1, 0.15) is 11.2 Å². The monoisotopic (exact) mass is 708 g/mol. The molecule has 0 atom stereocenters. The Morgan fingerprint density at radius 3 is 1.87 bits per heavy atom. The lowest BCUT2D eigenvalue weighted by Crippen LogP contribution is -2.17. The predicted molar refractivity (Wildman–Crippen MR) is 232 cm³/mol. The molecule has 9 aromatic carbocycles. The van der Waals surface area contributed by atoms with E-state index in [9.17, 15) is 2.74 Å². The third-order valence-corrected chi connectivity index (χ3v) is 11.5. The minimum absolute atomic E-state index is 0.0778. The zero-order chi connectivity index (χ0) is 41.0. The Labute approximate surface area is 327 Å². The Morgan fingerprint density at radius 2 is 1.09 bits per heavy atom. The molecule has 0 saturated heterocycles. The van der Waals surface area contributed by atoms with Gasteiger partial charge in [0, 0.05) is 38.5 Å². The maximum absolute atomic E-state index is 9.41. The molecule has 55 heavy (non-hydrogen) atoms. The summed E-state index contributed by atoms with van der Waals surface area (Å²) in [6.45, 7) is 4.52. The number of anilines is 3. The molecular weight excluding hydrogens is 667 g/mol. The van der Waals surface area contributed by atoms with Crippen LogP contribution in [0.4, 0.5) is 17.1 Å². The van der Waals surface area contributed by atoms with E-state index in [1.54, 1.807) is 0 Å². The van der Waals surface area contributed by atoms with Crippen LogP contribution in [0.15, 0.2) is 192 Å². The molecule has 0 N–H and O–H groups in total. The zero-order valence-corrected chi connectivity index (χ0v) is 30.4. The van der Waals surface area contributed by atoms with Crippen LogP contribution in [0, 0.1) is 0 Å². The molecule has 1 heterocycles. The third-order valence-electron chi connectivity index (χ3n) is 11.5.